The van der Waals surface area contributed by atoms with Gasteiger partial charge in [-0.05, 0) is 31.2 Å². The highest BCUT2D eigenvalue weighted by Crippen LogP contribution is 2.31. The highest BCUT2D eigenvalue weighted by Gasteiger charge is 2.40. The predicted molar refractivity (Wildman–Crippen MR) is 111 cm³/mol. The number of piperidine rings is 1. The van der Waals surface area contributed by atoms with Gasteiger partial charge in [0.05, 0.1) is 24.4 Å². The molecule has 0 bridgehead atoms. The van der Waals surface area contributed by atoms with E-state index in [1.165, 1.54) is 4.57 Å². The molecule has 5 rings (SSSR count). The number of nitrogens with zero attached hydrogens (tertiary/aromatic N) is 4. The molecule has 2 aromatic heterocycles. The number of aryl methyl sites for hydroxylation is 1. The van der Waals surface area contributed by atoms with Gasteiger partial charge in [0.1, 0.15) is 6.54 Å². The lowest BCUT2D eigenvalue weighted by Gasteiger charge is -2.37. The first-order chi connectivity index (χ1) is 14.6. The number of benzene rings is 1. The minimum atomic E-state index is -0.529. The van der Waals surface area contributed by atoms with Crippen molar-refractivity contribution in [2.45, 2.75) is 32.1 Å². The zero-order valence-corrected chi connectivity index (χ0v) is 16.9. The van der Waals surface area contributed by atoms with Crippen molar-refractivity contribution in [3.63, 3.8) is 0 Å². The molecule has 8 nitrogen and oxygen atoms in total. The second-order valence-corrected chi connectivity index (χ2v) is 7.87. The average Bonchev–Trinajstić information content (AvgIpc) is 3.32. The Morgan fingerprint density at radius 1 is 1.10 bits per heavy atom. The number of likely N-dealkylation sites (tertiary alicyclic amines) is 1. The number of imidazole rings is 1. The summed E-state index contributed by atoms with van der Waals surface area (Å²) < 4.78 is 14.6. The SMILES string of the molecule is Cc1ccc(-n2c(=O)n(CC(=O)N3CCC4(CC3)OCCO4)c3cccnc32)cc1. The fraction of sp³-hybridized carbons (Fsp3) is 0.409. The van der Waals surface area contributed by atoms with E-state index >= 15 is 0 Å². The van der Waals surface area contributed by atoms with Crippen LogP contribution in [0.2, 0.25) is 0 Å². The van der Waals surface area contributed by atoms with E-state index < -0.39 is 5.79 Å². The Labute approximate surface area is 173 Å². The number of aromatic nitrogens is 3. The van der Waals surface area contributed by atoms with Gasteiger partial charge in [-0.3, -0.25) is 9.36 Å². The lowest BCUT2D eigenvalue weighted by Crippen LogP contribution is -2.48. The molecule has 3 aromatic rings. The molecule has 0 atom stereocenters. The number of rotatable bonds is 3. The van der Waals surface area contributed by atoms with Gasteiger partial charge in [-0.15, -0.1) is 0 Å². The van der Waals surface area contributed by atoms with Gasteiger partial charge >= 0.3 is 5.69 Å². The molecule has 2 saturated heterocycles. The first-order valence-corrected chi connectivity index (χ1v) is 10.3. The summed E-state index contributed by atoms with van der Waals surface area (Å²) in [4.78, 5) is 32.5. The van der Waals surface area contributed by atoms with Gasteiger partial charge in [-0.25, -0.2) is 14.3 Å². The first kappa shape index (κ1) is 19.0. The second-order valence-electron chi connectivity index (χ2n) is 7.87. The molecule has 1 spiro atoms. The largest absolute Gasteiger partial charge is 0.347 e. The van der Waals surface area contributed by atoms with E-state index in [9.17, 15) is 9.59 Å². The van der Waals surface area contributed by atoms with Gasteiger partial charge in [-0.2, -0.15) is 0 Å². The molecule has 2 aliphatic heterocycles. The zero-order valence-electron chi connectivity index (χ0n) is 16.9. The molecule has 1 aromatic carbocycles. The lowest BCUT2D eigenvalue weighted by molar-refractivity contribution is -0.187. The van der Waals surface area contributed by atoms with Crippen molar-refractivity contribution in [2.24, 2.45) is 0 Å². The van der Waals surface area contributed by atoms with Crippen LogP contribution in [0.5, 0.6) is 0 Å². The summed E-state index contributed by atoms with van der Waals surface area (Å²) in [5.41, 5.74) is 2.77. The second kappa shape index (κ2) is 7.37. The van der Waals surface area contributed by atoms with Crippen LogP contribution in [0.1, 0.15) is 18.4 Å². The fourth-order valence-corrected chi connectivity index (χ4v) is 4.28. The summed E-state index contributed by atoms with van der Waals surface area (Å²) in [5, 5.41) is 0. The molecule has 0 unspecified atom stereocenters. The van der Waals surface area contributed by atoms with Crippen LogP contribution in [0.4, 0.5) is 0 Å². The van der Waals surface area contributed by atoms with Gasteiger partial charge in [0.2, 0.25) is 5.91 Å². The standard InChI is InChI=1S/C22H24N4O4/c1-16-4-6-17(7-5-16)26-20-18(3-2-10-23-20)25(21(26)28)15-19(27)24-11-8-22(9-12-24)29-13-14-30-22/h2-7,10H,8-9,11-15H2,1H3. The van der Waals surface area contributed by atoms with E-state index in [1.54, 1.807) is 21.7 Å². The molecular formula is C22H24N4O4. The number of amides is 1. The summed E-state index contributed by atoms with van der Waals surface area (Å²) >= 11 is 0. The molecule has 156 valence electrons. The van der Waals surface area contributed by atoms with Crippen LogP contribution >= 0.6 is 0 Å². The quantitative estimate of drug-likeness (QED) is 0.661. The van der Waals surface area contributed by atoms with Crippen LogP contribution in [-0.4, -0.2) is 57.0 Å². The minimum Gasteiger partial charge on any atom is -0.347 e. The Balaban J connectivity index is 1.43. The third-order valence-electron chi connectivity index (χ3n) is 5.97. The third kappa shape index (κ3) is 3.22. The minimum absolute atomic E-state index is 0.0192. The van der Waals surface area contributed by atoms with Crippen LogP contribution in [0, 0.1) is 6.92 Å². The van der Waals surface area contributed by atoms with Crippen molar-refractivity contribution < 1.29 is 14.3 Å². The van der Waals surface area contributed by atoms with Crippen LogP contribution < -0.4 is 5.69 Å². The summed E-state index contributed by atoms with van der Waals surface area (Å²) in [7, 11) is 0. The maximum absolute atomic E-state index is 13.3. The topological polar surface area (TPSA) is 78.6 Å². The molecular weight excluding hydrogens is 384 g/mol. The smallest absolute Gasteiger partial charge is 0.335 e. The van der Waals surface area contributed by atoms with Crippen LogP contribution in [0.15, 0.2) is 47.4 Å². The predicted octanol–water partition coefficient (Wildman–Crippen LogP) is 1.86. The molecule has 0 radical (unpaired) electrons. The van der Waals surface area contributed by atoms with E-state index in [4.69, 9.17) is 9.47 Å². The number of carbonyl (C=O) groups excluding carboxylic acids is 1. The summed E-state index contributed by atoms with van der Waals surface area (Å²) in [5.74, 6) is -0.615. The van der Waals surface area contributed by atoms with Gasteiger partial charge in [0, 0.05) is 32.1 Å². The Morgan fingerprint density at radius 3 is 2.50 bits per heavy atom. The molecule has 8 heteroatoms. The molecule has 2 fully saturated rings. The molecule has 1 amide bonds. The van der Waals surface area contributed by atoms with Gasteiger partial charge in [0.25, 0.3) is 0 Å². The Bertz CT molecular complexity index is 1130. The van der Waals surface area contributed by atoms with E-state index in [1.807, 2.05) is 37.3 Å². The number of pyridine rings is 1. The van der Waals surface area contributed by atoms with E-state index in [2.05, 4.69) is 4.98 Å². The Morgan fingerprint density at radius 2 is 1.80 bits per heavy atom. The Kier molecular flexibility index (Phi) is 4.67. The highest BCUT2D eigenvalue weighted by atomic mass is 16.7. The Hall–Kier alpha value is -2.97. The first-order valence-electron chi connectivity index (χ1n) is 10.3. The van der Waals surface area contributed by atoms with Crippen molar-refractivity contribution in [1.29, 1.82) is 0 Å². The van der Waals surface area contributed by atoms with Crippen molar-refractivity contribution in [1.82, 2.24) is 19.0 Å². The molecule has 0 saturated carbocycles. The van der Waals surface area contributed by atoms with E-state index in [0.29, 0.717) is 50.3 Å². The van der Waals surface area contributed by atoms with E-state index in [-0.39, 0.29) is 18.1 Å². The molecule has 0 aliphatic carbocycles. The fourth-order valence-electron chi connectivity index (χ4n) is 4.28. The number of hydrogen-bond donors (Lipinski definition) is 0. The van der Waals surface area contributed by atoms with Crippen LogP contribution in [0.25, 0.3) is 16.9 Å². The number of ether oxygens (including phenoxy) is 2. The highest BCUT2D eigenvalue weighted by molar-refractivity contribution is 5.80. The van der Waals surface area contributed by atoms with Gasteiger partial charge in [-0.1, -0.05) is 17.7 Å². The van der Waals surface area contributed by atoms with Crippen LogP contribution in [-0.2, 0) is 20.8 Å². The molecule has 30 heavy (non-hydrogen) atoms. The molecule has 2 aliphatic rings. The van der Waals surface area contributed by atoms with Crippen molar-refractivity contribution in [3.05, 3.63) is 58.6 Å². The van der Waals surface area contributed by atoms with E-state index in [0.717, 1.165) is 11.3 Å². The number of hydrogen-bond acceptors (Lipinski definition) is 5. The van der Waals surface area contributed by atoms with Gasteiger partial charge < -0.3 is 14.4 Å². The summed E-state index contributed by atoms with van der Waals surface area (Å²) in [6.45, 7) is 4.31. The summed E-state index contributed by atoms with van der Waals surface area (Å²) in [6, 6.07) is 11.3. The lowest BCUT2D eigenvalue weighted by atomic mass is 10.0. The monoisotopic (exact) mass is 408 g/mol. The summed E-state index contributed by atoms with van der Waals surface area (Å²) in [6.07, 6.45) is 2.96. The zero-order chi connectivity index (χ0) is 20.7. The average molecular weight is 408 g/mol. The maximum Gasteiger partial charge on any atom is 0.335 e. The van der Waals surface area contributed by atoms with Gasteiger partial charge in [0.15, 0.2) is 11.4 Å². The molecule has 0 N–H and O–H groups in total. The van der Waals surface area contributed by atoms with Crippen molar-refractivity contribution >= 4 is 17.1 Å². The van der Waals surface area contributed by atoms with Crippen LogP contribution in [0.3, 0.4) is 0 Å². The molecule has 4 heterocycles. The third-order valence-corrected chi connectivity index (χ3v) is 5.97. The number of carbonyl (C=O) groups is 1. The van der Waals surface area contributed by atoms with Crippen molar-refractivity contribution in [3.8, 4) is 5.69 Å². The normalized spacial score (nSPS) is 18.4. The van der Waals surface area contributed by atoms with Crippen molar-refractivity contribution in [2.75, 3.05) is 26.3 Å². The number of fused-ring (bicyclic) bond motifs is 1. The maximum atomic E-state index is 13.3.